The zero-order valence-electron chi connectivity index (χ0n) is 15.5. The number of carbonyl (C=O) groups excluding carboxylic acids is 2. The van der Waals surface area contributed by atoms with Crippen molar-refractivity contribution in [3.8, 4) is 6.07 Å². The standard InChI is InChI=1S/C19H20N4O4S/c1-11-14-16(21-12-5-4-8-23(12)17(14)25)28-15(11)18(26)27-9-13(24)22-19(10-20)6-2-3-7-19/h2-9H2,1H3,(H,22,24). The fourth-order valence-corrected chi connectivity index (χ4v) is 5.10. The monoisotopic (exact) mass is 400 g/mol. The smallest absolute Gasteiger partial charge is 0.349 e. The van der Waals surface area contributed by atoms with E-state index in [0.717, 1.165) is 42.8 Å². The number of nitrogens with zero attached hydrogens (tertiary/aromatic N) is 3. The predicted octanol–water partition coefficient (Wildman–Crippen LogP) is 1.82. The van der Waals surface area contributed by atoms with E-state index in [1.165, 1.54) is 0 Å². The summed E-state index contributed by atoms with van der Waals surface area (Å²) in [5.74, 6) is -0.401. The summed E-state index contributed by atoms with van der Waals surface area (Å²) in [6.45, 7) is 1.88. The molecule has 1 fully saturated rings. The molecule has 0 atom stereocenters. The first kappa shape index (κ1) is 18.6. The molecule has 0 aromatic carbocycles. The van der Waals surface area contributed by atoms with E-state index >= 15 is 0 Å². The lowest BCUT2D eigenvalue weighted by Crippen LogP contribution is -2.46. The van der Waals surface area contributed by atoms with Gasteiger partial charge in [-0.1, -0.05) is 0 Å². The summed E-state index contributed by atoms with van der Waals surface area (Å²) in [7, 11) is 0. The van der Waals surface area contributed by atoms with Gasteiger partial charge >= 0.3 is 5.97 Å². The maximum atomic E-state index is 12.7. The number of hydrogen-bond donors (Lipinski definition) is 1. The second kappa shape index (κ2) is 7.02. The lowest BCUT2D eigenvalue weighted by Gasteiger charge is -2.21. The Labute approximate surface area is 165 Å². The van der Waals surface area contributed by atoms with Gasteiger partial charge in [-0.2, -0.15) is 5.26 Å². The number of carbonyl (C=O) groups is 2. The van der Waals surface area contributed by atoms with Crippen molar-refractivity contribution < 1.29 is 14.3 Å². The van der Waals surface area contributed by atoms with E-state index < -0.39 is 24.0 Å². The Kier molecular flexibility index (Phi) is 4.67. The lowest BCUT2D eigenvalue weighted by atomic mass is 10.00. The molecular formula is C19H20N4O4S. The van der Waals surface area contributed by atoms with Crippen molar-refractivity contribution in [1.82, 2.24) is 14.9 Å². The molecule has 9 heteroatoms. The Balaban J connectivity index is 1.50. The van der Waals surface area contributed by atoms with Crippen molar-refractivity contribution in [2.45, 2.75) is 57.5 Å². The average Bonchev–Trinajstić information content (AvgIpc) is 3.40. The quantitative estimate of drug-likeness (QED) is 0.783. The van der Waals surface area contributed by atoms with Crippen LogP contribution in [0.5, 0.6) is 0 Å². The summed E-state index contributed by atoms with van der Waals surface area (Å²) in [6.07, 6.45) is 4.65. The molecule has 1 amide bonds. The van der Waals surface area contributed by atoms with Crippen LogP contribution in [0.25, 0.3) is 10.2 Å². The Morgan fingerprint density at radius 3 is 2.82 bits per heavy atom. The van der Waals surface area contributed by atoms with E-state index in [-0.39, 0.29) is 10.4 Å². The van der Waals surface area contributed by atoms with Gasteiger partial charge in [0.05, 0.1) is 11.5 Å². The maximum absolute atomic E-state index is 12.7. The fraction of sp³-hybridized carbons (Fsp3) is 0.526. The minimum atomic E-state index is -0.851. The molecule has 4 rings (SSSR count). The van der Waals surface area contributed by atoms with Crippen molar-refractivity contribution in [2.75, 3.05) is 6.61 Å². The molecular weight excluding hydrogens is 380 g/mol. The van der Waals surface area contributed by atoms with Crippen molar-refractivity contribution in [2.24, 2.45) is 0 Å². The van der Waals surface area contributed by atoms with Gasteiger partial charge in [-0.05, 0) is 44.6 Å². The van der Waals surface area contributed by atoms with Gasteiger partial charge in [-0.3, -0.25) is 14.2 Å². The summed E-state index contributed by atoms with van der Waals surface area (Å²) < 4.78 is 6.81. The number of hydrogen-bond acceptors (Lipinski definition) is 7. The third kappa shape index (κ3) is 3.07. The number of aryl methyl sites for hydroxylation is 2. The predicted molar refractivity (Wildman–Crippen MR) is 102 cm³/mol. The van der Waals surface area contributed by atoms with Gasteiger partial charge in [0.1, 0.15) is 21.1 Å². The average molecular weight is 400 g/mol. The normalized spacial score (nSPS) is 17.3. The highest BCUT2D eigenvalue weighted by Crippen LogP contribution is 2.30. The Hall–Kier alpha value is -2.73. The highest BCUT2D eigenvalue weighted by Gasteiger charge is 2.35. The molecule has 2 aromatic rings. The van der Waals surface area contributed by atoms with Gasteiger partial charge in [-0.15, -0.1) is 11.3 Å². The van der Waals surface area contributed by atoms with E-state index in [1.807, 2.05) is 0 Å². The molecule has 1 aliphatic heterocycles. The molecule has 1 N–H and O–H groups in total. The van der Waals surface area contributed by atoms with Crippen LogP contribution in [0.15, 0.2) is 4.79 Å². The molecule has 146 valence electrons. The van der Waals surface area contributed by atoms with Gasteiger partial charge in [0.2, 0.25) is 0 Å². The van der Waals surface area contributed by atoms with Crippen LogP contribution < -0.4 is 10.9 Å². The molecule has 3 heterocycles. The third-order valence-electron chi connectivity index (χ3n) is 5.48. The molecule has 0 spiro atoms. The van der Waals surface area contributed by atoms with E-state index in [0.29, 0.717) is 35.2 Å². The number of thiophene rings is 1. The van der Waals surface area contributed by atoms with Gasteiger partial charge in [0.25, 0.3) is 11.5 Å². The summed E-state index contributed by atoms with van der Waals surface area (Å²) in [6, 6.07) is 2.17. The second-order valence-electron chi connectivity index (χ2n) is 7.35. The van der Waals surface area contributed by atoms with Crippen LogP contribution in [0.4, 0.5) is 0 Å². The number of ether oxygens (including phenoxy) is 1. The van der Waals surface area contributed by atoms with Crippen LogP contribution in [0, 0.1) is 18.3 Å². The van der Waals surface area contributed by atoms with Crippen molar-refractivity contribution >= 4 is 33.4 Å². The number of fused-ring (bicyclic) bond motifs is 2. The van der Waals surface area contributed by atoms with Crippen LogP contribution in [-0.4, -0.2) is 33.6 Å². The van der Waals surface area contributed by atoms with Crippen LogP contribution in [0.3, 0.4) is 0 Å². The van der Waals surface area contributed by atoms with E-state index in [2.05, 4.69) is 16.4 Å². The van der Waals surface area contributed by atoms with Gasteiger partial charge in [-0.25, -0.2) is 9.78 Å². The Morgan fingerprint density at radius 1 is 1.36 bits per heavy atom. The van der Waals surface area contributed by atoms with Gasteiger partial charge in [0, 0.05) is 13.0 Å². The molecule has 28 heavy (non-hydrogen) atoms. The summed E-state index contributed by atoms with van der Waals surface area (Å²) in [4.78, 5) is 42.7. The van der Waals surface area contributed by atoms with E-state index in [9.17, 15) is 19.6 Å². The minimum Gasteiger partial charge on any atom is -0.451 e. The number of esters is 1. The number of aromatic nitrogens is 2. The minimum absolute atomic E-state index is 0.125. The molecule has 0 saturated heterocycles. The summed E-state index contributed by atoms with van der Waals surface area (Å²) in [5, 5.41) is 12.5. The highest BCUT2D eigenvalue weighted by atomic mass is 32.1. The number of nitrogens with one attached hydrogen (secondary N) is 1. The summed E-state index contributed by atoms with van der Waals surface area (Å²) in [5.41, 5.74) is -0.439. The summed E-state index contributed by atoms with van der Waals surface area (Å²) >= 11 is 1.12. The molecule has 0 unspecified atom stereocenters. The largest absolute Gasteiger partial charge is 0.451 e. The van der Waals surface area contributed by atoms with Gasteiger partial charge < -0.3 is 10.1 Å². The van der Waals surface area contributed by atoms with Crippen LogP contribution in [0.1, 0.15) is 53.2 Å². The van der Waals surface area contributed by atoms with E-state index in [1.54, 1.807) is 11.5 Å². The van der Waals surface area contributed by atoms with Crippen molar-refractivity contribution in [3.05, 3.63) is 26.6 Å². The first-order valence-corrected chi connectivity index (χ1v) is 10.2. The molecule has 1 aliphatic carbocycles. The number of rotatable bonds is 4. The molecule has 1 saturated carbocycles. The number of nitriles is 1. The molecule has 2 aliphatic rings. The lowest BCUT2D eigenvalue weighted by molar-refractivity contribution is -0.125. The molecule has 0 radical (unpaired) electrons. The Morgan fingerprint density at radius 2 is 2.11 bits per heavy atom. The Bertz CT molecular complexity index is 1070. The van der Waals surface area contributed by atoms with E-state index in [4.69, 9.17) is 4.74 Å². The van der Waals surface area contributed by atoms with Crippen molar-refractivity contribution in [3.63, 3.8) is 0 Å². The van der Waals surface area contributed by atoms with Crippen molar-refractivity contribution in [1.29, 1.82) is 5.26 Å². The first-order chi connectivity index (χ1) is 13.4. The van der Waals surface area contributed by atoms with Crippen LogP contribution in [-0.2, 0) is 22.5 Å². The van der Waals surface area contributed by atoms with Gasteiger partial charge in [0.15, 0.2) is 6.61 Å². The zero-order chi connectivity index (χ0) is 19.9. The maximum Gasteiger partial charge on any atom is 0.349 e. The first-order valence-electron chi connectivity index (χ1n) is 9.36. The second-order valence-corrected chi connectivity index (χ2v) is 8.35. The molecule has 2 aromatic heterocycles. The molecule has 0 bridgehead atoms. The van der Waals surface area contributed by atoms with Crippen LogP contribution in [0.2, 0.25) is 0 Å². The zero-order valence-corrected chi connectivity index (χ0v) is 16.4. The topological polar surface area (TPSA) is 114 Å². The third-order valence-corrected chi connectivity index (χ3v) is 6.65. The van der Waals surface area contributed by atoms with Crippen LogP contribution >= 0.6 is 11.3 Å². The fourth-order valence-electron chi connectivity index (χ4n) is 4.01. The molecule has 8 nitrogen and oxygen atoms in total. The number of amides is 1. The SMILES string of the molecule is Cc1c(C(=O)OCC(=O)NC2(C#N)CCCC2)sc2nc3n(c(=O)c12)CCC3. The highest BCUT2D eigenvalue weighted by molar-refractivity contribution is 7.20.